The number of hydrogen-bond acceptors (Lipinski definition) is 3. The molecule has 0 amide bonds. The van der Waals surface area contributed by atoms with Crippen LogP contribution in [0.4, 0.5) is 10.1 Å². The van der Waals surface area contributed by atoms with Crippen molar-refractivity contribution in [2.45, 2.75) is 17.9 Å². The lowest BCUT2D eigenvalue weighted by Crippen LogP contribution is -2.07. The molecule has 1 N–H and O–H groups in total. The van der Waals surface area contributed by atoms with Gasteiger partial charge in [-0.05, 0) is 48.9 Å². The average Bonchev–Trinajstić information content (AvgIpc) is 2.41. The monoisotopic (exact) mass is 327 g/mol. The normalized spacial score (nSPS) is 13.0. The third-order valence-electron chi connectivity index (χ3n) is 3.11. The maximum Gasteiger partial charge on any atom is 0.175 e. The lowest BCUT2D eigenvalue weighted by Gasteiger charge is -2.16. The minimum absolute atomic E-state index is 0.0865. The van der Waals surface area contributed by atoms with Gasteiger partial charge in [-0.3, -0.25) is 0 Å². The summed E-state index contributed by atoms with van der Waals surface area (Å²) in [6, 6.07) is 10.9. The number of hydrogen-bond donors (Lipinski definition) is 1. The van der Waals surface area contributed by atoms with Crippen LogP contribution >= 0.6 is 11.6 Å². The van der Waals surface area contributed by atoms with Crippen molar-refractivity contribution in [3.63, 3.8) is 0 Å². The standard InChI is InChI=1S/C15H15ClFNO2S/c1-10(11-3-8-14(16)15(17)9-11)18-12-4-6-13(7-5-12)21(2,19)20/h3-10,18H,1-2H3. The van der Waals surface area contributed by atoms with Gasteiger partial charge in [0.2, 0.25) is 0 Å². The molecule has 0 spiro atoms. The molecule has 1 atom stereocenters. The van der Waals surface area contributed by atoms with Gasteiger partial charge in [-0.15, -0.1) is 0 Å². The van der Waals surface area contributed by atoms with Gasteiger partial charge < -0.3 is 5.32 Å². The first-order chi connectivity index (χ1) is 9.77. The molecule has 0 aliphatic rings. The molecule has 112 valence electrons. The summed E-state index contributed by atoms with van der Waals surface area (Å²) in [6.07, 6.45) is 1.16. The second-order valence-corrected chi connectivity index (χ2v) is 7.26. The van der Waals surface area contributed by atoms with Crippen LogP contribution in [0.1, 0.15) is 18.5 Å². The lowest BCUT2D eigenvalue weighted by molar-refractivity contribution is 0.602. The molecule has 21 heavy (non-hydrogen) atoms. The summed E-state index contributed by atoms with van der Waals surface area (Å²) in [5.41, 5.74) is 1.51. The largest absolute Gasteiger partial charge is 0.379 e. The highest BCUT2D eigenvalue weighted by Crippen LogP contribution is 2.24. The molecule has 0 aliphatic carbocycles. The quantitative estimate of drug-likeness (QED) is 0.921. The van der Waals surface area contributed by atoms with E-state index in [1.54, 1.807) is 18.2 Å². The molecule has 0 saturated heterocycles. The van der Waals surface area contributed by atoms with E-state index in [9.17, 15) is 12.8 Å². The summed E-state index contributed by atoms with van der Waals surface area (Å²) >= 11 is 5.65. The van der Waals surface area contributed by atoms with Crippen LogP contribution in [0.5, 0.6) is 0 Å². The molecule has 0 bridgehead atoms. The predicted octanol–water partition coefficient (Wildman–Crippen LogP) is 4.06. The topological polar surface area (TPSA) is 46.2 Å². The molecular weight excluding hydrogens is 313 g/mol. The van der Waals surface area contributed by atoms with Gasteiger partial charge in [0.1, 0.15) is 5.82 Å². The molecule has 0 aliphatic heterocycles. The van der Waals surface area contributed by atoms with Crippen molar-refractivity contribution in [1.29, 1.82) is 0 Å². The van der Waals surface area contributed by atoms with Crippen LogP contribution in [-0.4, -0.2) is 14.7 Å². The number of sulfone groups is 1. The molecule has 0 aromatic heterocycles. The van der Waals surface area contributed by atoms with Crippen molar-refractivity contribution in [2.75, 3.05) is 11.6 Å². The van der Waals surface area contributed by atoms with Crippen LogP contribution in [-0.2, 0) is 9.84 Å². The Morgan fingerprint density at radius 1 is 1.14 bits per heavy atom. The Hall–Kier alpha value is -1.59. The molecule has 2 aromatic rings. The third-order valence-corrected chi connectivity index (χ3v) is 4.54. The molecule has 3 nitrogen and oxygen atoms in total. The predicted molar refractivity (Wildman–Crippen MR) is 83.0 cm³/mol. The van der Waals surface area contributed by atoms with Crippen molar-refractivity contribution >= 4 is 27.1 Å². The Balaban J connectivity index is 2.15. The highest BCUT2D eigenvalue weighted by atomic mass is 35.5. The number of anilines is 1. The van der Waals surface area contributed by atoms with E-state index < -0.39 is 15.7 Å². The first-order valence-corrected chi connectivity index (χ1v) is 8.56. The summed E-state index contributed by atoms with van der Waals surface area (Å²) in [5.74, 6) is -0.463. The maximum atomic E-state index is 13.4. The van der Waals surface area contributed by atoms with Crippen molar-refractivity contribution < 1.29 is 12.8 Å². The molecule has 0 fully saturated rings. The van der Waals surface area contributed by atoms with Gasteiger partial charge in [-0.2, -0.15) is 0 Å². The Bertz CT molecular complexity index is 745. The van der Waals surface area contributed by atoms with Gasteiger partial charge >= 0.3 is 0 Å². The number of halogens is 2. The lowest BCUT2D eigenvalue weighted by atomic mass is 10.1. The third kappa shape index (κ3) is 3.95. The second-order valence-electron chi connectivity index (χ2n) is 4.84. The summed E-state index contributed by atoms with van der Waals surface area (Å²) in [6.45, 7) is 1.88. The minimum atomic E-state index is -3.20. The second kappa shape index (κ2) is 6.03. The smallest absolute Gasteiger partial charge is 0.175 e. The van der Waals surface area contributed by atoms with Crippen LogP contribution in [0, 0.1) is 5.82 Å². The number of benzene rings is 2. The summed E-state index contributed by atoms with van der Waals surface area (Å²) in [7, 11) is -3.20. The van der Waals surface area contributed by atoms with E-state index in [2.05, 4.69) is 5.32 Å². The maximum absolute atomic E-state index is 13.4. The fraction of sp³-hybridized carbons (Fsp3) is 0.200. The Morgan fingerprint density at radius 3 is 2.29 bits per heavy atom. The van der Waals surface area contributed by atoms with Gasteiger partial charge in [-0.25, -0.2) is 12.8 Å². The molecule has 0 radical (unpaired) electrons. The van der Waals surface area contributed by atoms with E-state index in [0.717, 1.165) is 17.5 Å². The molecule has 2 aromatic carbocycles. The van der Waals surface area contributed by atoms with Crippen molar-refractivity contribution in [2.24, 2.45) is 0 Å². The molecule has 2 rings (SSSR count). The number of rotatable bonds is 4. The van der Waals surface area contributed by atoms with Crippen LogP contribution in [0.25, 0.3) is 0 Å². The van der Waals surface area contributed by atoms with E-state index in [4.69, 9.17) is 11.6 Å². The van der Waals surface area contributed by atoms with Gasteiger partial charge in [0.15, 0.2) is 9.84 Å². The summed E-state index contributed by atoms with van der Waals surface area (Å²) in [5, 5.41) is 3.27. The zero-order valence-corrected chi connectivity index (χ0v) is 13.2. The van der Waals surface area contributed by atoms with Gasteiger partial charge in [-0.1, -0.05) is 17.7 Å². The van der Waals surface area contributed by atoms with Crippen LogP contribution in [0.3, 0.4) is 0 Å². The minimum Gasteiger partial charge on any atom is -0.379 e. The van der Waals surface area contributed by atoms with Gasteiger partial charge in [0, 0.05) is 18.0 Å². The van der Waals surface area contributed by atoms with E-state index in [1.165, 1.54) is 24.3 Å². The van der Waals surface area contributed by atoms with E-state index in [0.29, 0.717) is 0 Å². The summed E-state index contributed by atoms with van der Waals surface area (Å²) in [4.78, 5) is 0.262. The number of nitrogens with one attached hydrogen (secondary N) is 1. The first kappa shape index (κ1) is 15.8. The van der Waals surface area contributed by atoms with E-state index in [1.807, 2.05) is 6.92 Å². The average molecular weight is 328 g/mol. The van der Waals surface area contributed by atoms with E-state index in [-0.39, 0.29) is 16.0 Å². The zero-order valence-electron chi connectivity index (χ0n) is 11.6. The molecule has 0 saturated carbocycles. The van der Waals surface area contributed by atoms with E-state index >= 15 is 0 Å². The van der Waals surface area contributed by atoms with Crippen LogP contribution in [0.15, 0.2) is 47.4 Å². The van der Waals surface area contributed by atoms with Crippen LogP contribution in [0.2, 0.25) is 5.02 Å². The molecular formula is C15H15ClFNO2S. The van der Waals surface area contributed by atoms with Gasteiger partial charge in [0.25, 0.3) is 0 Å². The Kier molecular flexibility index (Phi) is 4.54. The van der Waals surface area contributed by atoms with Crippen LogP contribution < -0.4 is 5.32 Å². The Labute approximate surface area is 128 Å². The fourth-order valence-corrected chi connectivity index (χ4v) is 2.66. The highest BCUT2D eigenvalue weighted by Gasteiger charge is 2.10. The molecule has 0 heterocycles. The zero-order chi connectivity index (χ0) is 15.6. The van der Waals surface area contributed by atoms with Gasteiger partial charge in [0.05, 0.1) is 9.92 Å². The SMILES string of the molecule is CC(Nc1ccc(S(C)(=O)=O)cc1)c1ccc(Cl)c(F)c1. The molecule has 1 unspecified atom stereocenters. The first-order valence-electron chi connectivity index (χ1n) is 6.29. The van der Waals surface area contributed by atoms with Crippen molar-refractivity contribution in [3.8, 4) is 0 Å². The van der Waals surface area contributed by atoms with Crippen molar-refractivity contribution in [3.05, 3.63) is 58.9 Å². The van der Waals surface area contributed by atoms with Crippen molar-refractivity contribution in [1.82, 2.24) is 0 Å². The Morgan fingerprint density at radius 2 is 1.76 bits per heavy atom. The molecule has 6 heteroatoms. The fourth-order valence-electron chi connectivity index (χ4n) is 1.91. The highest BCUT2D eigenvalue weighted by molar-refractivity contribution is 7.90. The summed E-state index contributed by atoms with van der Waals surface area (Å²) < 4.78 is 36.2.